The van der Waals surface area contributed by atoms with Crippen LogP contribution in [-0.4, -0.2) is 18.4 Å². The van der Waals surface area contributed by atoms with Crippen molar-refractivity contribution in [1.29, 1.82) is 0 Å². The summed E-state index contributed by atoms with van der Waals surface area (Å²) in [6, 6.07) is 0. The molecule has 0 saturated carbocycles. The zero-order valence-electron chi connectivity index (χ0n) is 6.10. The van der Waals surface area contributed by atoms with Crippen LogP contribution in [0.2, 0.25) is 0 Å². The minimum atomic E-state index is -0.273. The average Bonchev–Trinajstić information content (AvgIpc) is 1.87. The molecule has 0 spiro atoms. The number of hydrogen-bond donors (Lipinski definition) is 1. The Morgan fingerprint density at radius 3 is 2.22 bits per heavy atom. The fourth-order valence-corrected chi connectivity index (χ4v) is 0.824. The normalized spacial score (nSPS) is 17.3. The first-order chi connectivity index (χ1) is 4.20. The molecule has 56 valence electrons. The largest absolute Gasteiger partial charge is 0.396 e. The van der Waals surface area contributed by atoms with Gasteiger partial charge in [0.2, 0.25) is 0 Å². The zero-order chi connectivity index (χ0) is 7.28. The molecule has 1 nitrogen and oxygen atoms in total. The first kappa shape index (κ1) is 8.89. The Labute approximate surface area is 55.9 Å². The molecule has 0 saturated heterocycles. The summed E-state index contributed by atoms with van der Waals surface area (Å²) >= 11 is 0. The summed E-state index contributed by atoms with van der Waals surface area (Å²) in [7, 11) is 0. The van der Waals surface area contributed by atoms with Crippen molar-refractivity contribution in [3.63, 3.8) is 0 Å². The predicted octanol–water partition coefficient (Wildman–Crippen LogP) is 1.61. The number of rotatable bonds is 4. The van der Waals surface area contributed by atoms with Gasteiger partial charge < -0.3 is 5.11 Å². The monoisotopic (exact) mass is 134 g/mol. The van der Waals surface area contributed by atoms with Crippen molar-refractivity contribution >= 4 is 0 Å². The fourth-order valence-electron chi connectivity index (χ4n) is 0.824. The lowest BCUT2D eigenvalue weighted by molar-refractivity contribution is 0.206. The summed E-state index contributed by atoms with van der Waals surface area (Å²) in [5.74, 6) is 0.350. The van der Waals surface area contributed by atoms with E-state index in [0.717, 1.165) is 6.42 Å². The van der Waals surface area contributed by atoms with Crippen LogP contribution >= 0.6 is 0 Å². The molecule has 9 heavy (non-hydrogen) atoms. The molecule has 2 atom stereocenters. The molecular weight excluding hydrogens is 119 g/mol. The molecule has 0 aromatic heterocycles. The van der Waals surface area contributed by atoms with Crippen LogP contribution in [0.1, 0.15) is 20.3 Å². The molecule has 2 unspecified atom stereocenters. The van der Waals surface area contributed by atoms with Crippen molar-refractivity contribution in [2.45, 2.75) is 20.3 Å². The Morgan fingerprint density at radius 1 is 1.33 bits per heavy atom. The average molecular weight is 134 g/mol. The van der Waals surface area contributed by atoms with E-state index in [4.69, 9.17) is 5.11 Å². The third kappa shape index (κ3) is 4.40. The summed E-state index contributed by atoms with van der Waals surface area (Å²) in [5.41, 5.74) is 0. The Balaban J connectivity index is 3.22. The summed E-state index contributed by atoms with van der Waals surface area (Å²) in [6.07, 6.45) is 0.785. The fraction of sp³-hybridized carbons (Fsp3) is 1.00. The maximum Gasteiger partial charge on any atom is 0.0920 e. The number of alkyl halides is 1. The molecule has 0 amide bonds. The van der Waals surface area contributed by atoms with E-state index in [2.05, 4.69) is 0 Å². The molecule has 0 fully saturated rings. The first-order valence-electron chi connectivity index (χ1n) is 3.37. The molecule has 0 bridgehead atoms. The van der Waals surface area contributed by atoms with Gasteiger partial charge in [0.25, 0.3) is 0 Å². The van der Waals surface area contributed by atoms with Crippen LogP contribution in [0, 0.1) is 11.8 Å². The molecule has 0 rings (SSSR count). The van der Waals surface area contributed by atoms with E-state index >= 15 is 0 Å². The highest BCUT2D eigenvalue weighted by molar-refractivity contribution is 4.56. The van der Waals surface area contributed by atoms with Crippen molar-refractivity contribution in [3.8, 4) is 0 Å². The molecule has 1 N–H and O–H groups in total. The van der Waals surface area contributed by atoms with E-state index in [-0.39, 0.29) is 25.1 Å². The number of aliphatic hydroxyl groups is 1. The second-order valence-corrected chi connectivity index (χ2v) is 2.78. The van der Waals surface area contributed by atoms with Gasteiger partial charge in [-0.3, -0.25) is 4.39 Å². The van der Waals surface area contributed by atoms with E-state index in [1.807, 2.05) is 13.8 Å². The van der Waals surface area contributed by atoms with Gasteiger partial charge in [0.05, 0.1) is 6.67 Å². The van der Waals surface area contributed by atoms with Crippen LogP contribution in [0.4, 0.5) is 4.39 Å². The SMILES string of the molecule is CC(CO)CC(C)CF. The summed E-state index contributed by atoms with van der Waals surface area (Å²) in [5, 5.41) is 8.56. The molecule has 2 heteroatoms. The topological polar surface area (TPSA) is 20.2 Å². The lowest BCUT2D eigenvalue weighted by Gasteiger charge is -2.10. The lowest BCUT2D eigenvalue weighted by Crippen LogP contribution is -2.07. The van der Waals surface area contributed by atoms with Gasteiger partial charge >= 0.3 is 0 Å². The highest BCUT2D eigenvalue weighted by atomic mass is 19.1. The van der Waals surface area contributed by atoms with Gasteiger partial charge in [-0.25, -0.2) is 0 Å². The molecule has 0 heterocycles. The van der Waals surface area contributed by atoms with Gasteiger partial charge in [-0.2, -0.15) is 0 Å². The van der Waals surface area contributed by atoms with Crippen molar-refractivity contribution in [2.24, 2.45) is 11.8 Å². The zero-order valence-corrected chi connectivity index (χ0v) is 6.10. The third-order valence-electron chi connectivity index (χ3n) is 1.38. The second-order valence-electron chi connectivity index (χ2n) is 2.78. The number of hydrogen-bond acceptors (Lipinski definition) is 1. The smallest absolute Gasteiger partial charge is 0.0920 e. The van der Waals surface area contributed by atoms with E-state index in [0.29, 0.717) is 0 Å². The van der Waals surface area contributed by atoms with Gasteiger partial charge in [0.1, 0.15) is 0 Å². The minimum Gasteiger partial charge on any atom is -0.396 e. The van der Waals surface area contributed by atoms with Crippen LogP contribution in [0.15, 0.2) is 0 Å². The van der Waals surface area contributed by atoms with Gasteiger partial charge in [-0.15, -0.1) is 0 Å². The molecule has 0 aliphatic carbocycles. The van der Waals surface area contributed by atoms with Crippen LogP contribution in [0.5, 0.6) is 0 Å². The molecule has 0 aromatic carbocycles. The molecular formula is C7H15FO. The second kappa shape index (κ2) is 4.74. The van der Waals surface area contributed by atoms with Gasteiger partial charge in [-0.1, -0.05) is 13.8 Å². The standard InChI is InChI=1S/C7H15FO/c1-6(4-8)3-7(2)5-9/h6-7,9H,3-5H2,1-2H3. The van der Waals surface area contributed by atoms with E-state index in [1.165, 1.54) is 0 Å². The Hall–Kier alpha value is -0.110. The number of halogens is 1. The van der Waals surface area contributed by atoms with Crippen molar-refractivity contribution in [2.75, 3.05) is 13.3 Å². The van der Waals surface area contributed by atoms with E-state index in [9.17, 15) is 4.39 Å². The highest BCUT2D eigenvalue weighted by Gasteiger charge is 2.06. The van der Waals surface area contributed by atoms with Crippen LogP contribution < -0.4 is 0 Å². The summed E-state index contributed by atoms with van der Waals surface area (Å²) < 4.78 is 11.8. The van der Waals surface area contributed by atoms with Gasteiger partial charge in [0.15, 0.2) is 0 Å². The molecule has 0 radical (unpaired) electrons. The van der Waals surface area contributed by atoms with E-state index < -0.39 is 0 Å². The Morgan fingerprint density at radius 2 is 1.89 bits per heavy atom. The van der Waals surface area contributed by atoms with Crippen molar-refractivity contribution < 1.29 is 9.50 Å². The highest BCUT2D eigenvalue weighted by Crippen LogP contribution is 2.10. The lowest BCUT2D eigenvalue weighted by atomic mass is 9.99. The molecule has 0 aromatic rings. The van der Waals surface area contributed by atoms with Crippen LogP contribution in [0.3, 0.4) is 0 Å². The Kier molecular flexibility index (Phi) is 4.68. The maximum absolute atomic E-state index is 11.8. The van der Waals surface area contributed by atoms with Crippen LogP contribution in [-0.2, 0) is 0 Å². The maximum atomic E-state index is 11.8. The summed E-state index contributed by atoms with van der Waals surface area (Å²) in [4.78, 5) is 0. The number of aliphatic hydroxyl groups excluding tert-OH is 1. The molecule has 0 aliphatic heterocycles. The Bertz CT molecular complexity index is 57.9. The summed E-state index contributed by atoms with van der Waals surface area (Å²) in [6.45, 7) is 3.67. The molecule has 0 aliphatic rings. The van der Waals surface area contributed by atoms with Crippen molar-refractivity contribution in [1.82, 2.24) is 0 Å². The first-order valence-corrected chi connectivity index (χ1v) is 3.37. The minimum absolute atomic E-state index is 0.104. The van der Waals surface area contributed by atoms with Crippen molar-refractivity contribution in [3.05, 3.63) is 0 Å². The van der Waals surface area contributed by atoms with Crippen LogP contribution in [0.25, 0.3) is 0 Å². The third-order valence-corrected chi connectivity index (χ3v) is 1.38. The van der Waals surface area contributed by atoms with Gasteiger partial charge in [0, 0.05) is 6.61 Å². The van der Waals surface area contributed by atoms with Gasteiger partial charge in [-0.05, 0) is 18.3 Å². The predicted molar refractivity (Wildman–Crippen MR) is 36.0 cm³/mol. The van der Waals surface area contributed by atoms with E-state index in [1.54, 1.807) is 0 Å². The quantitative estimate of drug-likeness (QED) is 0.619.